The second-order valence-corrected chi connectivity index (χ2v) is 3.67. The van der Waals surface area contributed by atoms with Crippen LogP contribution in [-0.4, -0.2) is 12.4 Å². The normalized spacial score (nSPS) is 26.4. The maximum atomic E-state index is 5.85. The summed E-state index contributed by atoms with van der Waals surface area (Å²) in [6, 6.07) is 8.03. The van der Waals surface area contributed by atoms with Crippen LogP contribution in [0.15, 0.2) is 47.5 Å². The van der Waals surface area contributed by atoms with Crippen molar-refractivity contribution in [2.45, 2.75) is 6.23 Å². The van der Waals surface area contributed by atoms with Crippen LogP contribution in [0.2, 0.25) is 0 Å². The zero-order valence-corrected chi connectivity index (χ0v) is 8.21. The third-order valence-electron chi connectivity index (χ3n) is 2.65. The number of ether oxygens (including phenoxy) is 1. The summed E-state index contributed by atoms with van der Waals surface area (Å²) in [7, 11) is 0. The van der Waals surface area contributed by atoms with E-state index in [0.717, 1.165) is 11.3 Å². The molecule has 0 radical (unpaired) electrons. The second-order valence-electron chi connectivity index (χ2n) is 3.67. The molecule has 0 saturated heterocycles. The third kappa shape index (κ3) is 1.48. The first-order valence-corrected chi connectivity index (χ1v) is 5.07. The smallest absolute Gasteiger partial charge is 0.199 e. The summed E-state index contributed by atoms with van der Waals surface area (Å²) in [6.45, 7) is 0. The average Bonchev–Trinajstić information content (AvgIpc) is 2.48. The molecule has 3 rings (SSSR count). The molecule has 15 heavy (non-hydrogen) atoms. The Labute approximate surface area is 88.6 Å². The number of dihydropyridines is 1. The van der Waals surface area contributed by atoms with E-state index in [1.54, 1.807) is 6.21 Å². The fraction of sp³-hybridized carbons (Fsp3) is 0.154. The second kappa shape index (κ2) is 3.39. The first-order chi connectivity index (χ1) is 7.43. The number of hydrogen-bond acceptors (Lipinski definition) is 2. The van der Waals surface area contributed by atoms with E-state index in [4.69, 9.17) is 4.74 Å². The monoisotopic (exact) mass is 197 g/mol. The van der Waals surface area contributed by atoms with Crippen molar-refractivity contribution < 1.29 is 4.74 Å². The largest absolute Gasteiger partial charge is 0.467 e. The summed E-state index contributed by atoms with van der Waals surface area (Å²) in [4.78, 5) is 4.33. The number of benzene rings is 1. The molecule has 0 amide bonds. The summed E-state index contributed by atoms with van der Waals surface area (Å²) in [5.41, 5.74) is 1.12. The highest BCUT2D eigenvalue weighted by atomic mass is 16.5. The van der Waals surface area contributed by atoms with Crippen molar-refractivity contribution >= 4 is 12.3 Å². The molecule has 1 aromatic carbocycles. The van der Waals surface area contributed by atoms with Crippen LogP contribution in [-0.2, 0) is 0 Å². The molecule has 1 aromatic rings. The molecule has 2 heterocycles. The molecule has 0 aromatic heterocycles. The van der Waals surface area contributed by atoms with Crippen LogP contribution in [0.4, 0.5) is 0 Å². The summed E-state index contributed by atoms with van der Waals surface area (Å²) < 4.78 is 5.85. The van der Waals surface area contributed by atoms with E-state index in [0.29, 0.717) is 0 Å². The lowest BCUT2D eigenvalue weighted by atomic mass is 10.0. The molecule has 2 aliphatic heterocycles. The number of para-hydroxylation sites is 1. The van der Waals surface area contributed by atoms with E-state index >= 15 is 0 Å². The van der Waals surface area contributed by atoms with E-state index in [2.05, 4.69) is 29.3 Å². The van der Waals surface area contributed by atoms with Crippen molar-refractivity contribution in [3.8, 4) is 5.75 Å². The summed E-state index contributed by atoms with van der Waals surface area (Å²) in [5.74, 6) is 1.16. The highest BCUT2D eigenvalue weighted by Crippen LogP contribution is 2.29. The van der Waals surface area contributed by atoms with Gasteiger partial charge in [-0.25, -0.2) is 4.99 Å². The van der Waals surface area contributed by atoms with E-state index in [1.807, 2.05) is 24.3 Å². The lowest BCUT2D eigenvalue weighted by Gasteiger charge is -2.20. The van der Waals surface area contributed by atoms with Crippen LogP contribution in [0.1, 0.15) is 5.56 Å². The molecular formula is C13H11NO. The third-order valence-corrected chi connectivity index (χ3v) is 2.65. The first-order valence-electron chi connectivity index (χ1n) is 5.07. The highest BCUT2D eigenvalue weighted by Gasteiger charge is 2.22. The number of rotatable bonds is 0. The van der Waals surface area contributed by atoms with Crippen LogP contribution in [0.3, 0.4) is 0 Å². The lowest BCUT2D eigenvalue weighted by Crippen LogP contribution is -2.23. The molecule has 0 saturated carbocycles. The molecule has 2 atom stereocenters. The Morgan fingerprint density at radius 2 is 2.07 bits per heavy atom. The molecule has 0 bridgehead atoms. The lowest BCUT2D eigenvalue weighted by molar-refractivity contribution is 0.186. The number of aliphatic imine (C=N–C) groups is 1. The maximum absolute atomic E-state index is 5.85. The van der Waals surface area contributed by atoms with Gasteiger partial charge in [-0.1, -0.05) is 36.4 Å². The van der Waals surface area contributed by atoms with Gasteiger partial charge >= 0.3 is 0 Å². The Kier molecular flexibility index (Phi) is 1.91. The minimum atomic E-state index is -0.102. The van der Waals surface area contributed by atoms with Gasteiger partial charge in [0.1, 0.15) is 5.75 Å². The molecule has 2 nitrogen and oxygen atoms in total. The van der Waals surface area contributed by atoms with Gasteiger partial charge in [0.15, 0.2) is 6.23 Å². The van der Waals surface area contributed by atoms with Crippen LogP contribution in [0, 0.1) is 5.92 Å². The molecule has 0 N–H and O–H groups in total. The van der Waals surface area contributed by atoms with Gasteiger partial charge in [0, 0.05) is 11.8 Å². The van der Waals surface area contributed by atoms with Crippen molar-refractivity contribution in [2.75, 3.05) is 0 Å². The van der Waals surface area contributed by atoms with Crippen molar-refractivity contribution in [1.29, 1.82) is 0 Å². The molecule has 0 spiro atoms. The Morgan fingerprint density at radius 3 is 3.07 bits per heavy atom. The quantitative estimate of drug-likeness (QED) is 0.626. The molecule has 74 valence electrons. The van der Waals surface area contributed by atoms with E-state index in [9.17, 15) is 0 Å². The van der Waals surface area contributed by atoms with Gasteiger partial charge in [-0.2, -0.15) is 0 Å². The van der Waals surface area contributed by atoms with Gasteiger partial charge in [0.2, 0.25) is 0 Å². The summed E-state index contributed by atoms with van der Waals surface area (Å²) in [6.07, 6.45) is 10.0. The molecule has 0 fully saturated rings. The van der Waals surface area contributed by atoms with Gasteiger partial charge in [-0.15, -0.1) is 0 Å². The van der Waals surface area contributed by atoms with Gasteiger partial charge in [0.05, 0.1) is 5.92 Å². The van der Waals surface area contributed by atoms with Crippen LogP contribution in [0.5, 0.6) is 5.75 Å². The van der Waals surface area contributed by atoms with Crippen molar-refractivity contribution in [1.82, 2.24) is 0 Å². The van der Waals surface area contributed by atoms with Gasteiger partial charge < -0.3 is 4.74 Å². The van der Waals surface area contributed by atoms with Crippen LogP contribution >= 0.6 is 0 Å². The van der Waals surface area contributed by atoms with E-state index in [1.165, 1.54) is 0 Å². The van der Waals surface area contributed by atoms with Crippen molar-refractivity contribution in [3.05, 3.63) is 48.1 Å². The number of fused-ring (bicyclic) bond motifs is 2. The Hall–Kier alpha value is -1.83. The highest BCUT2D eigenvalue weighted by molar-refractivity contribution is 5.73. The van der Waals surface area contributed by atoms with Crippen molar-refractivity contribution in [3.63, 3.8) is 0 Å². The fourth-order valence-electron chi connectivity index (χ4n) is 1.85. The van der Waals surface area contributed by atoms with Gasteiger partial charge in [0.25, 0.3) is 0 Å². The summed E-state index contributed by atoms with van der Waals surface area (Å²) >= 11 is 0. The zero-order valence-electron chi connectivity index (χ0n) is 8.21. The minimum Gasteiger partial charge on any atom is -0.467 e. The Balaban J connectivity index is 2.04. The van der Waals surface area contributed by atoms with Gasteiger partial charge in [-0.05, 0) is 12.1 Å². The Morgan fingerprint density at radius 1 is 1.13 bits per heavy atom. The molecule has 2 unspecified atom stereocenters. The first kappa shape index (κ1) is 8.48. The van der Waals surface area contributed by atoms with E-state index < -0.39 is 0 Å². The van der Waals surface area contributed by atoms with Gasteiger partial charge in [-0.3, -0.25) is 0 Å². The van der Waals surface area contributed by atoms with Crippen LogP contribution < -0.4 is 4.74 Å². The Bertz CT molecular complexity index is 459. The average molecular weight is 197 g/mol. The molecule has 0 aliphatic carbocycles. The number of nitrogens with zero attached hydrogens (tertiary/aromatic N) is 1. The topological polar surface area (TPSA) is 21.6 Å². The minimum absolute atomic E-state index is 0.102. The predicted molar refractivity (Wildman–Crippen MR) is 61.0 cm³/mol. The predicted octanol–water partition coefficient (Wildman–Crippen LogP) is 2.68. The fourth-order valence-corrected chi connectivity index (χ4v) is 1.85. The standard InChI is InChI=1S/C13H11NO/c1-2-6-12-10(4-1)7-8-11-5-3-9-14-13(11)15-12/h1-9,11,13H. The zero-order chi connectivity index (χ0) is 10.1. The molecule has 2 heteroatoms. The van der Waals surface area contributed by atoms with Crippen molar-refractivity contribution in [2.24, 2.45) is 10.9 Å². The number of allylic oxidation sites excluding steroid dienone is 1. The molecular weight excluding hydrogens is 186 g/mol. The SMILES string of the molecule is C1=CC2C=Cc3ccccc3OC2N=C1. The molecule has 2 aliphatic rings. The van der Waals surface area contributed by atoms with Crippen LogP contribution in [0.25, 0.3) is 6.08 Å². The number of hydrogen-bond donors (Lipinski definition) is 0. The van der Waals surface area contributed by atoms with E-state index in [-0.39, 0.29) is 12.1 Å². The summed E-state index contributed by atoms with van der Waals surface area (Å²) in [5, 5.41) is 0. The maximum Gasteiger partial charge on any atom is 0.199 e.